The minimum absolute atomic E-state index is 0.199. The SMILES string of the molecule is CON=C(C(=O)O)C1=CSCCO1. The van der Waals surface area contributed by atoms with Crippen LogP contribution in [0.25, 0.3) is 0 Å². The Morgan fingerprint density at radius 3 is 3.08 bits per heavy atom. The molecule has 0 amide bonds. The molecule has 1 rings (SSSR count). The maximum absolute atomic E-state index is 10.6. The zero-order valence-corrected chi connectivity index (χ0v) is 7.84. The molecule has 5 nitrogen and oxygen atoms in total. The summed E-state index contributed by atoms with van der Waals surface area (Å²) in [7, 11) is 1.29. The van der Waals surface area contributed by atoms with Crippen LogP contribution in [-0.2, 0) is 14.4 Å². The Balaban J connectivity index is 2.80. The Kier molecular flexibility index (Phi) is 3.63. The van der Waals surface area contributed by atoms with Crippen LogP contribution in [0.4, 0.5) is 0 Å². The smallest absolute Gasteiger partial charge is 0.361 e. The van der Waals surface area contributed by atoms with Crippen LogP contribution < -0.4 is 0 Å². The molecule has 0 saturated carbocycles. The van der Waals surface area contributed by atoms with Crippen molar-refractivity contribution in [2.45, 2.75) is 0 Å². The molecular formula is C7H9NO4S. The zero-order chi connectivity index (χ0) is 9.68. The number of thioether (sulfide) groups is 1. The minimum Gasteiger partial charge on any atom is -0.489 e. The highest BCUT2D eigenvalue weighted by Crippen LogP contribution is 2.16. The van der Waals surface area contributed by atoms with Crippen LogP contribution in [0.2, 0.25) is 0 Å². The first kappa shape index (κ1) is 9.91. The second kappa shape index (κ2) is 4.76. The van der Waals surface area contributed by atoms with Gasteiger partial charge in [0.05, 0.1) is 6.61 Å². The lowest BCUT2D eigenvalue weighted by Gasteiger charge is -2.13. The van der Waals surface area contributed by atoms with Crippen molar-refractivity contribution < 1.29 is 19.5 Å². The third-order valence-electron chi connectivity index (χ3n) is 1.27. The monoisotopic (exact) mass is 203 g/mol. The molecule has 1 aliphatic heterocycles. The lowest BCUT2D eigenvalue weighted by Crippen LogP contribution is -2.20. The fourth-order valence-electron chi connectivity index (χ4n) is 0.773. The van der Waals surface area contributed by atoms with Crippen LogP contribution in [0.5, 0.6) is 0 Å². The van der Waals surface area contributed by atoms with E-state index in [-0.39, 0.29) is 11.5 Å². The summed E-state index contributed by atoms with van der Waals surface area (Å²) in [6.07, 6.45) is 0. The van der Waals surface area contributed by atoms with Crippen molar-refractivity contribution in [2.24, 2.45) is 5.16 Å². The molecule has 0 bridgehead atoms. The topological polar surface area (TPSA) is 68.1 Å². The van der Waals surface area contributed by atoms with E-state index in [2.05, 4.69) is 9.99 Å². The molecule has 1 heterocycles. The van der Waals surface area contributed by atoms with Gasteiger partial charge in [-0.3, -0.25) is 0 Å². The van der Waals surface area contributed by atoms with Gasteiger partial charge in [-0.25, -0.2) is 4.79 Å². The van der Waals surface area contributed by atoms with Crippen molar-refractivity contribution >= 4 is 23.4 Å². The van der Waals surface area contributed by atoms with Crippen molar-refractivity contribution in [3.63, 3.8) is 0 Å². The molecule has 0 aromatic heterocycles. The fourth-order valence-corrected chi connectivity index (χ4v) is 1.40. The molecule has 0 aromatic rings. The molecular weight excluding hydrogens is 194 g/mol. The maximum Gasteiger partial charge on any atom is 0.361 e. The molecule has 0 saturated heterocycles. The molecule has 13 heavy (non-hydrogen) atoms. The lowest BCUT2D eigenvalue weighted by atomic mass is 10.3. The van der Waals surface area contributed by atoms with Crippen LogP contribution in [0.3, 0.4) is 0 Å². The van der Waals surface area contributed by atoms with E-state index in [0.29, 0.717) is 6.61 Å². The number of carboxylic acids is 1. The number of rotatable bonds is 3. The Bertz CT molecular complexity index is 261. The van der Waals surface area contributed by atoms with Gasteiger partial charge in [0.15, 0.2) is 5.76 Å². The van der Waals surface area contributed by atoms with Crippen LogP contribution >= 0.6 is 11.8 Å². The summed E-state index contributed by atoms with van der Waals surface area (Å²) in [5.74, 6) is -0.0789. The van der Waals surface area contributed by atoms with Gasteiger partial charge in [0.25, 0.3) is 0 Å². The predicted molar refractivity (Wildman–Crippen MR) is 48.6 cm³/mol. The molecule has 0 radical (unpaired) electrons. The lowest BCUT2D eigenvalue weighted by molar-refractivity contribution is -0.129. The highest BCUT2D eigenvalue weighted by Gasteiger charge is 2.20. The summed E-state index contributed by atoms with van der Waals surface area (Å²) >= 11 is 1.49. The Hall–Kier alpha value is -1.17. The van der Waals surface area contributed by atoms with Gasteiger partial charge in [0, 0.05) is 11.2 Å². The van der Waals surface area contributed by atoms with Crippen molar-refractivity contribution in [3.8, 4) is 0 Å². The standard InChI is InChI=1S/C7H9NO4S/c1-11-8-6(7(9)10)5-4-13-3-2-12-5/h4H,2-3H2,1H3,(H,9,10). The average Bonchev–Trinajstić information content (AvgIpc) is 2.15. The molecule has 6 heteroatoms. The van der Waals surface area contributed by atoms with Gasteiger partial charge in [-0.2, -0.15) is 0 Å². The normalized spacial score (nSPS) is 17.3. The van der Waals surface area contributed by atoms with E-state index in [9.17, 15) is 4.79 Å². The van der Waals surface area contributed by atoms with Gasteiger partial charge >= 0.3 is 5.97 Å². The fraction of sp³-hybridized carbons (Fsp3) is 0.429. The van der Waals surface area contributed by atoms with Crippen LogP contribution in [0, 0.1) is 0 Å². The van der Waals surface area contributed by atoms with Gasteiger partial charge < -0.3 is 14.7 Å². The van der Waals surface area contributed by atoms with E-state index in [1.807, 2.05) is 0 Å². The van der Waals surface area contributed by atoms with Crippen LogP contribution in [0.15, 0.2) is 16.3 Å². The van der Waals surface area contributed by atoms with Crippen molar-refractivity contribution in [1.29, 1.82) is 0 Å². The van der Waals surface area contributed by atoms with Gasteiger partial charge in [-0.05, 0) is 0 Å². The first-order valence-corrected chi connectivity index (χ1v) is 4.60. The molecule has 1 aliphatic rings. The number of hydrogen-bond acceptors (Lipinski definition) is 5. The van der Waals surface area contributed by atoms with Gasteiger partial charge in [-0.15, -0.1) is 11.8 Å². The third kappa shape index (κ3) is 2.66. The third-order valence-corrected chi connectivity index (χ3v) is 2.05. The van der Waals surface area contributed by atoms with E-state index < -0.39 is 5.97 Å². The Morgan fingerprint density at radius 2 is 2.62 bits per heavy atom. The number of ether oxygens (including phenoxy) is 1. The minimum atomic E-state index is -1.16. The summed E-state index contributed by atoms with van der Waals surface area (Å²) in [5.41, 5.74) is -0.199. The van der Waals surface area contributed by atoms with Crippen molar-refractivity contribution in [3.05, 3.63) is 11.2 Å². The van der Waals surface area contributed by atoms with E-state index in [1.54, 1.807) is 5.41 Å². The van der Waals surface area contributed by atoms with Crippen molar-refractivity contribution in [2.75, 3.05) is 19.5 Å². The van der Waals surface area contributed by atoms with E-state index >= 15 is 0 Å². The summed E-state index contributed by atoms with van der Waals surface area (Å²) in [6.45, 7) is 0.493. The number of nitrogens with zero attached hydrogens (tertiary/aromatic N) is 1. The van der Waals surface area contributed by atoms with E-state index in [1.165, 1.54) is 18.9 Å². The zero-order valence-electron chi connectivity index (χ0n) is 7.02. The summed E-state index contributed by atoms with van der Waals surface area (Å²) < 4.78 is 5.10. The van der Waals surface area contributed by atoms with Gasteiger partial charge in [-0.1, -0.05) is 5.16 Å². The molecule has 0 aliphatic carbocycles. The highest BCUT2D eigenvalue weighted by molar-refractivity contribution is 8.02. The second-order valence-electron chi connectivity index (χ2n) is 2.13. The second-order valence-corrected chi connectivity index (χ2v) is 3.11. The van der Waals surface area contributed by atoms with Crippen molar-refractivity contribution in [1.82, 2.24) is 0 Å². The van der Waals surface area contributed by atoms with E-state index in [0.717, 1.165) is 5.75 Å². The molecule has 0 unspecified atom stereocenters. The number of hydrogen-bond donors (Lipinski definition) is 1. The number of carboxylic acid groups (broad SMARTS) is 1. The Labute approximate surface area is 79.4 Å². The number of oxime groups is 1. The average molecular weight is 203 g/mol. The Morgan fingerprint density at radius 1 is 1.85 bits per heavy atom. The molecule has 0 aromatic carbocycles. The summed E-state index contributed by atoms with van der Waals surface area (Å²) in [5, 5.41) is 13.7. The molecule has 0 atom stereocenters. The first-order chi connectivity index (χ1) is 6.25. The number of aliphatic carboxylic acids is 1. The quantitative estimate of drug-likeness (QED) is 0.539. The van der Waals surface area contributed by atoms with Crippen LogP contribution in [0.1, 0.15) is 0 Å². The molecule has 72 valence electrons. The van der Waals surface area contributed by atoms with Gasteiger partial charge in [0.2, 0.25) is 5.71 Å². The summed E-state index contributed by atoms with van der Waals surface area (Å²) in [4.78, 5) is 15.0. The largest absolute Gasteiger partial charge is 0.489 e. The highest BCUT2D eigenvalue weighted by atomic mass is 32.2. The van der Waals surface area contributed by atoms with Crippen LogP contribution in [-0.4, -0.2) is 36.3 Å². The molecule has 0 spiro atoms. The van der Waals surface area contributed by atoms with E-state index in [4.69, 9.17) is 9.84 Å². The first-order valence-electron chi connectivity index (χ1n) is 3.55. The summed E-state index contributed by atoms with van der Waals surface area (Å²) in [6, 6.07) is 0. The maximum atomic E-state index is 10.6. The molecule has 1 N–H and O–H groups in total. The number of carbonyl (C=O) groups is 1. The molecule has 0 fully saturated rings. The predicted octanol–water partition coefficient (Wildman–Crippen LogP) is 0.678. The van der Waals surface area contributed by atoms with Gasteiger partial charge in [0.1, 0.15) is 7.11 Å².